The maximum atomic E-state index is 6.52. The van der Waals surface area contributed by atoms with Crippen molar-refractivity contribution in [2.75, 3.05) is 0 Å². The summed E-state index contributed by atoms with van der Waals surface area (Å²) in [6, 6.07) is 54.9. The van der Waals surface area contributed by atoms with Gasteiger partial charge in [-0.25, -0.2) is 4.99 Å². The van der Waals surface area contributed by atoms with E-state index in [1.807, 2.05) is 36.4 Å². The van der Waals surface area contributed by atoms with Crippen LogP contribution in [0, 0.1) is 0 Å². The van der Waals surface area contributed by atoms with Crippen LogP contribution in [0.15, 0.2) is 169 Å². The molecule has 7 rings (SSSR count). The molecule has 6 aromatic carbocycles. The van der Waals surface area contributed by atoms with Crippen molar-refractivity contribution in [1.29, 1.82) is 0 Å². The van der Waals surface area contributed by atoms with Crippen LogP contribution in [0.2, 0.25) is 0 Å². The SMILES string of the molecule is NC(=N/C(=C\Cc1ccc(-c2ccccc2)cc1)c1ccc(-n2c3ccccc3c3ccccc32)cc1)c1ccccc1. The molecule has 0 aliphatic heterocycles. The van der Waals surface area contributed by atoms with E-state index in [0.29, 0.717) is 5.84 Å². The fourth-order valence-electron chi connectivity index (χ4n) is 5.69. The molecule has 1 aromatic heterocycles. The second-order valence-electron chi connectivity index (χ2n) is 10.6. The highest BCUT2D eigenvalue weighted by Gasteiger charge is 2.12. The van der Waals surface area contributed by atoms with Gasteiger partial charge in [-0.15, -0.1) is 0 Å². The zero-order chi connectivity index (χ0) is 29.0. The Hall–Kier alpha value is -5.67. The van der Waals surface area contributed by atoms with E-state index < -0.39 is 0 Å². The molecule has 2 N–H and O–H groups in total. The molecule has 0 bridgehead atoms. The molecule has 3 heteroatoms. The van der Waals surface area contributed by atoms with Crippen LogP contribution < -0.4 is 5.73 Å². The zero-order valence-corrected chi connectivity index (χ0v) is 23.8. The maximum Gasteiger partial charge on any atom is 0.131 e. The van der Waals surface area contributed by atoms with E-state index in [1.54, 1.807) is 0 Å². The number of amidine groups is 1. The molecule has 0 saturated heterocycles. The first-order valence-electron chi connectivity index (χ1n) is 14.6. The van der Waals surface area contributed by atoms with Crippen molar-refractivity contribution < 1.29 is 0 Å². The zero-order valence-electron chi connectivity index (χ0n) is 23.8. The van der Waals surface area contributed by atoms with E-state index in [2.05, 4.69) is 132 Å². The minimum Gasteiger partial charge on any atom is -0.383 e. The first kappa shape index (κ1) is 26.2. The normalized spacial score (nSPS) is 12.2. The summed E-state index contributed by atoms with van der Waals surface area (Å²) >= 11 is 0. The van der Waals surface area contributed by atoms with E-state index >= 15 is 0 Å². The van der Waals surface area contributed by atoms with Crippen molar-refractivity contribution in [3.8, 4) is 16.8 Å². The third-order valence-corrected chi connectivity index (χ3v) is 7.90. The topological polar surface area (TPSA) is 43.3 Å². The Morgan fingerprint density at radius 1 is 0.535 bits per heavy atom. The van der Waals surface area contributed by atoms with Gasteiger partial charge < -0.3 is 10.3 Å². The van der Waals surface area contributed by atoms with Crippen LogP contribution in [0.25, 0.3) is 44.3 Å². The maximum absolute atomic E-state index is 6.52. The van der Waals surface area contributed by atoms with Gasteiger partial charge in [-0.2, -0.15) is 0 Å². The van der Waals surface area contributed by atoms with Crippen LogP contribution in [0.4, 0.5) is 0 Å². The van der Waals surface area contributed by atoms with Gasteiger partial charge in [0, 0.05) is 27.6 Å². The number of nitrogens with two attached hydrogens (primary N) is 1. The van der Waals surface area contributed by atoms with Gasteiger partial charge in [0.05, 0.1) is 16.7 Å². The molecule has 3 nitrogen and oxygen atoms in total. The summed E-state index contributed by atoms with van der Waals surface area (Å²) in [6.45, 7) is 0. The quantitative estimate of drug-likeness (QED) is 0.155. The number of hydrogen-bond acceptors (Lipinski definition) is 1. The number of aliphatic imine (C=N–C) groups is 1. The van der Waals surface area contributed by atoms with Gasteiger partial charge in [-0.05, 0) is 47.4 Å². The van der Waals surface area contributed by atoms with Gasteiger partial charge >= 0.3 is 0 Å². The average Bonchev–Trinajstić information content (AvgIpc) is 3.42. The highest BCUT2D eigenvalue weighted by molar-refractivity contribution is 6.09. The fourth-order valence-corrected chi connectivity index (χ4v) is 5.69. The first-order chi connectivity index (χ1) is 21.2. The lowest BCUT2D eigenvalue weighted by Gasteiger charge is -2.11. The molecule has 0 unspecified atom stereocenters. The molecular formula is C40H31N3. The van der Waals surface area contributed by atoms with Crippen molar-refractivity contribution in [3.63, 3.8) is 0 Å². The van der Waals surface area contributed by atoms with Crippen molar-refractivity contribution in [3.05, 3.63) is 180 Å². The molecule has 0 aliphatic rings. The van der Waals surface area contributed by atoms with Gasteiger partial charge in [0.15, 0.2) is 0 Å². The summed E-state index contributed by atoms with van der Waals surface area (Å²) in [6.07, 6.45) is 2.91. The Labute approximate surface area is 251 Å². The number of benzene rings is 6. The van der Waals surface area contributed by atoms with Crippen LogP contribution in [0.1, 0.15) is 16.7 Å². The van der Waals surface area contributed by atoms with E-state index in [-0.39, 0.29) is 0 Å². The van der Waals surface area contributed by atoms with E-state index in [0.717, 1.165) is 28.9 Å². The minimum absolute atomic E-state index is 0.498. The number of fused-ring (bicyclic) bond motifs is 3. The van der Waals surface area contributed by atoms with Crippen LogP contribution in [-0.4, -0.2) is 10.4 Å². The monoisotopic (exact) mass is 553 g/mol. The smallest absolute Gasteiger partial charge is 0.131 e. The largest absolute Gasteiger partial charge is 0.383 e. The first-order valence-corrected chi connectivity index (χ1v) is 14.6. The van der Waals surface area contributed by atoms with Crippen molar-refractivity contribution in [1.82, 2.24) is 4.57 Å². The Kier molecular flexibility index (Phi) is 7.12. The molecule has 1 heterocycles. The number of allylic oxidation sites excluding steroid dienone is 1. The molecule has 43 heavy (non-hydrogen) atoms. The van der Waals surface area contributed by atoms with Crippen molar-refractivity contribution in [2.45, 2.75) is 6.42 Å². The molecule has 0 fully saturated rings. The predicted octanol–water partition coefficient (Wildman–Crippen LogP) is 9.44. The van der Waals surface area contributed by atoms with Crippen LogP contribution in [0.3, 0.4) is 0 Å². The van der Waals surface area contributed by atoms with Crippen LogP contribution in [-0.2, 0) is 6.42 Å². The van der Waals surface area contributed by atoms with Gasteiger partial charge in [0.1, 0.15) is 5.84 Å². The summed E-state index contributed by atoms with van der Waals surface area (Å²) in [4.78, 5) is 4.94. The Bertz CT molecular complexity index is 2010. The molecule has 7 aromatic rings. The fraction of sp³-hybridized carbons (Fsp3) is 0.0250. The van der Waals surface area contributed by atoms with Gasteiger partial charge in [0.25, 0.3) is 0 Å². The highest BCUT2D eigenvalue weighted by Crippen LogP contribution is 2.32. The summed E-state index contributed by atoms with van der Waals surface area (Å²) in [5.41, 5.74) is 16.4. The van der Waals surface area contributed by atoms with Crippen LogP contribution >= 0.6 is 0 Å². The predicted molar refractivity (Wildman–Crippen MR) is 182 cm³/mol. The summed E-state index contributed by atoms with van der Waals surface area (Å²) in [5.74, 6) is 0.498. The number of rotatable bonds is 7. The molecule has 0 atom stereocenters. The Morgan fingerprint density at radius 3 is 1.70 bits per heavy atom. The third-order valence-electron chi connectivity index (χ3n) is 7.90. The van der Waals surface area contributed by atoms with Crippen molar-refractivity contribution in [2.24, 2.45) is 10.7 Å². The summed E-state index contributed by atoms with van der Waals surface area (Å²) in [7, 11) is 0. The number of hydrogen-bond donors (Lipinski definition) is 1. The average molecular weight is 554 g/mol. The molecular weight excluding hydrogens is 522 g/mol. The van der Waals surface area contributed by atoms with Gasteiger partial charge in [-0.1, -0.05) is 140 Å². The van der Waals surface area contributed by atoms with Crippen LogP contribution in [0.5, 0.6) is 0 Å². The number of aromatic nitrogens is 1. The molecule has 0 spiro atoms. The van der Waals surface area contributed by atoms with Gasteiger partial charge in [-0.3, -0.25) is 0 Å². The minimum atomic E-state index is 0.498. The summed E-state index contributed by atoms with van der Waals surface area (Å²) in [5, 5.41) is 2.50. The van der Waals surface area contributed by atoms with E-state index in [1.165, 1.54) is 38.5 Å². The third kappa shape index (κ3) is 5.37. The standard InChI is InChI=1S/C40H31N3/c41-40(33-13-5-2-6-14-33)42-37(28-21-29-19-22-31(23-20-29)30-11-3-1-4-12-30)32-24-26-34(27-25-32)43-38-17-9-7-15-35(38)36-16-8-10-18-39(36)43/h1-20,22-28H,21H2,(H2,41,42)/b37-28-. The number of para-hydroxylation sites is 2. The molecule has 0 amide bonds. The van der Waals surface area contributed by atoms with E-state index in [4.69, 9.17) is 10.7 Å². The lowest BCUT2D eigenvalue weighted by Crippen LogP contribution is -2.13. The van der Waals surface area contributed by atoms with Gasteiger partial charge in [0.2, 0.25) is 0 Å². The molecule has 0 radical (unpaired) electrons. The molecule has 206 valence electrons. The molecule has 0 aliphatic carbocycles. The summed E-state index contributed by atoms with van der Waals surface area (Å²) < 4.78 is 2.33. The lowest BCUT2D eigenvalue weighted by atomic mass is 10.0. The lowest BCUT2D eigenvalue weighted by molar-refractivity contribution is 1.18. The number of nitrogens with zero attached hydrogens (tertiary/aromatic N) is 2. The second kappa shape index (κ2) is 11.7. The Morgan fingerprint density at radius 2 is 1.07 bits per heavy atom. The Balaban J connectivity index is 1.25. The van der Waals surface area contributed by atoms with E-state index in [9.17, 15) is 0 Å². The molecule has 0 saturated carbocycles. The highest BCUT2D eigenvalue weighted by atomic mass is 15.0. The second-order valence-corrected chi connectivity index (χ2v) is 10.6. The van der Waals surface area contributed by atoms with Crippen molar-refractivity contribution >= 4 is 33.3 Å².